The Morgan fingerprint density at radius 3 is 2.31 bits per heavy atom. The number of nitrogens with zero attached hydrogens (tertiary/aromatic N) is 3. The van der Waals surface area contributed by atoms with Gasteiger partial charge in [0.25, 0.3) is 0 Å². The molecule has 1 N–H and O–H groups in total. The van der Waals surface area contributed by atoms with Crippen molar-refractivity contribution in [2.45, 2.75) is 34.3 Å². The summed E-state index contributed by atoms with van der Waals surface area (Å²) in [5.41, 5.74) is 3.62. The van der Waals surface area contributed by atoms with E-state index in [1.165, 1.54) is 4.80 Å². The van der Waals surface area contributed by atoms with Crippen molar-refractivity contribution in [1.29, 1.82) is 0 Å². The molecule has 0 radical (unpaired) electrons. The number of carbonyl (C=O) groups excluding carboxylic acids is 1. The van der Waals surface area contributed by atoms with E-state index in [1.54, 1.807) is 26.0 Å². The van der Waals surface area contributed by atoms with Crippen molar-refractivity contribution >= 4 is 17.0 Å². The third-order valence-corrected chi connectivity index (χ3v) is 3.56. The van der Waals surface area contributed by atoms with Crippen LogP contribution in [0.2, 0.25) is 0 Å². The molecule has 0 amide bonds. The second kappa shape index (κ2) is 8.29. The van der Waals surface area contributed by atoms with Crippen LogP contribution in [0.4, 0.5) is 0 Å². The van der Waals surface area contributed by atoms with Gasteiger partial charge < -0.3 is 9.84 Å². The molecule has 0 aliphatic rings. The molecule has 0 spiro atoms. The first-order valence-corrected chi connectivity index (χ1v) is 8.43. The maximum Gasteiger partial charge on any atom is 0.333 e. The normalized spacial score (nSPS) is 10.2. The first-order chi connectivity index (χ1) is 12.5. The highest BCUT2D eigenvalue weighted by atomic mass is 16.5. The highest BCUT2D eigenvalue weighted by molar-refractivity contribution is 5.86. The zero-order chi connectivity index (χ0) is 19.3. The van der Waals surface area contributed by atoms with Crippen molar-refractivity contribution < 1.29 is 14.6 Å². The number of ether oxygens (including phenoxy) is 1. The van der Waals surface area contributed by atoms with E-state index in [1.807, 2.05) is 38.1 Å². The van der Waals surface area contributed by atoms with Gasteiger partial charge in [-0.15, -0.1) is 15.0 Å². The molecular weight excluding hydrogens is 330 g/mol. The van der Waals surface area contributed by atoms with E-state index in [2.05, 4.69) is 16.8 Å². The lowest BCUT2D eigenvalue weighted by Crippen LogP contribution is -2.06. The molecule has 0 bridgehead atoms. The molecule has 2 aromatic carbocycles. The van der Waals surface area contributed by atoms with Crippen LogP contribution in [0.25, 0.3) is 16.7 Å². The van der Waals surface area contributed by atoms with Gasteiger partial charge in [0.15, 0.2) is 0 Å². The number of esters is 1. The van der Waals surface area contributed by atoms with Crippen molar-refractivity contribution in [2.75, 3.05) is 0 Å². The molecular formula is C20H23N3O3. The number of phenols is 1. The van der Waals surface area contributed by atoms with Crippen LogP contribution in [0.1, 0.15) is 31.9 Å². The summed E-state index contributed by atoms with van der Waals surface area (Å²) < 4.78 is 5.16. The van der Waals surface area contributed by atoms with Crippen LogP contribution in [0.3, 0.4) is 0 Å². The fourth-order valence-corrected chi connectivity index (χ4v) is 2.31. The highest BCUT2D eigenvalue weighted by Crippen LogP contribution is 2.27. The number of benzene rings is 2. The highest BCUT2D eigenvalue weighted by Gasteiger charge is 2.13. The van der Waals surface area contributed by atoms with E-state index >= 15 is 0 Å². The Morgan fingerprint density at radius 2 is 1.77 bits per heavy atom. The van der Waals surface area contributed by atoms with Gasteiger partial charge in [-0.1, -0.05) is 32.6 Å². The third kappa shape index (κ3) is 4.08. The molecule has 1 aromatic heterocycles. The number of rotatable bonds is 4. The fraction of sp³-hybridized carbons (Fsp3) is 0.250. The first kappa shape index (κ1) is 19.2. The lowest BCUT2D eigenvalue weighted by Gasteiger charge is -2.10. The molecule has 1 heterocycles. The largest absolute Gasteiger partial charge is 0.505 e. The summed E-state index contributed by atoms with van der Waals surface area (Å²) in [4.78, 5) is 12.9. The number of hydrogen-bond acceptors (Lipinski definition) is 5. The van der Waals surface area contributed by atoms with Gasteiger partial charge in [0.2, 0.25) is 0 Å². The Bertz CT molecular complexity index is 912. The molecule has 0 unspecified atom stereocenters. The maximum atomic E-state index is 11.5. The Morgan fingerprint density at radius 1 is 1.19 bits per heavy atom. The summed E-state index contributed by atoms with van der Waals surface area (Å²) in [6.45, 7) is 11.0. The number of aromatic nitrogens is 3. The van der Waals surface area contributed by atoms with Gasteiger partial charge in [-0.3, -0.25) is 0 Å². The molecule has 26 heavy (non-hydrogen) atoms. The quantitative estimate of drug-likeness (QED) is 0.565. The number of phenolic OH excluding ortho intramolecular Hbond substituents is 1. The molecule has 0 aliphatic carbocycles. The van der Waals surface area contributed by atoms with Crippen molar-refractivity contribution in [3.8, 4) is 11.4 Å². The lowest BCUT2D eigenvalue weighted by atomic mass is 10.1. The summed E-state index contributed by atoms with van der Waals surface area (Å²) in [5, 5.41) is 19.1. The predicted octanol–water partition coefficient (Wildman–Crippen LogP) is 4.08. The lowest BCUT2D eigenvalue weighted by molar-refractivity contribution is -0.140. The zero-order valence-corrected chi connectivity index (χ0v) is 15.5. The maximum absolute atomic E-state index is 11.5. The Hall–Kier alpha value is -3.15. The average molecular weight is 353 g/mol. The van der Waals surface area contributed by atoms with Crippen LogP contribution in [0.5, 0.6) is 5.75 Å². The Labute approximate surface area is 152 Å². The molecule has 0 saturated carbocycles. The van der Waals surface area contributed by atoms with Crippen molar-refractivity contribution in [3.05, 3.63) is 59.7 Å². The number of aromatic hydroxyl groups is 1. The minimum absolute atomic E-state index is 0.0839. The van der Waals surface area contributed by atoms with Crippen molar-refractivity contribution in [1.82, 2.24) is 15.0 Å². The fourth-order valence-electron chi connectivity index (χ4n) is 2.31. The summed E-state index contributed by atoms with van der Waals surface area (Å²) >= 11 is 0. The number of aryl methyl sites for hydroxylation is 1. The minimum atomic E-state index is -0.453. The minimum Gasteiger partial charge on any atom is -0.505 e. The molecule has 0 aliphatic heterocycles. The summed E-state index contributed by atoms with van der Waals surface area (Å²) in [6, 6.07) is 10.9. The second-order valence-corrected chi connectivity index (χ2v) is 5.62. The van der Waals surface area contributed by atoms with E-state index < -0.39 is 5.97 Å². The number of fused-ring (bicyclic) bond motifs is 1. The van der Waals surface area contributed by atoms with E-state index in [-0.39, 0.29) is 12.4 Å². The molecule has 6 nitrogen and oxygen atoms in total. The summed E-state index contributed by atoms with van der Waals surface area (Å²) in [7, 11) is 0. The van der Waals surface area contributed by atoms with E-state index in [9.17, 15) is 9.90 Å². The molecule has 0 fully saturated rings. The van der Waals surface area contributed by atoms with Crippen molar-refractivity contribution in [3.63, 3.8) is 0 Å². The van der Waals surface area contributed by atoms with E-state index in [0.717, 1.165) is 16.6 Å². The van der Waals surface area contributed by atoms with Crippen LogP contribution in [0.15, 0.2) is 48.6 Å². The molecule has 3 rings (SSSR count). The Balaban J connectivity index is 0.00000117. The van der Waals surface area contributed by atoms with Gasteiger partial charge in [-0.25, -0.2) is 4.79 Å². The van der Waals surface area contributed by atoms with Crippen LogP contribution in [-0.2, 0) is 16.1 Å². The van der Waals surface area contributed by atoms with Gasteiger partial charge in [-0.2, -0.15) is 0 Å². The zero-order valence-electron chi connectivity index (χ0n) is 15.5. The Kier molecular flexibility index (Phi) is 6.11. The summed E-state index contributed by atoms with van der Waals surface area (Å²) in [5.74, 6) is -0.365. The number of carbonyl (C=O) groups is 1. The van der Waals surface area contributed by atoms with Gasteiger partial charge >= 0.3 is 5.97 Å². The summed E-state index contributed by atoms with van der Waals surface area (Å²) in [6.07, 6.45) is 0. The van der Waals surface area contributed by atoms with Gasteiger partial charge in [-0.05, 0) is 49.2 Å². The second-order valence-electron chi connectivity index (χ2n) is 5.62. The SMILES string of the molecule is C=C(C)C(=O)OCc1cc(C)c(O)c(-n2nc3ccccc3n2)c1.CC. The van der Waals surface area contributed by atoms with Gasteiger partial charge in [0, 0.05) is 5.57 Å². The predicted molar refractivity (Wildman–Crippen MR) is 101 cm³/mol. The van der Waals surface area contributed by atoms with E-state index in [0.29, 0.717) is 16.8 Å². The topological polar surface area (TPSA) is 77.2 Å². The smallest absolute Gasteiger partial charge is 0.333 e. The first-order valence-electron chi connectivity index (χ1n) is 8.43. The number of hydrogen-bond donors (Lipinski definition) is 1. The molecule has 0 atom stereocenters. The molecule has 0 saturated heterocycles. The molecule has 6 heteroatoms. The van der Waals surface area contributed by atoms with Crippen LogP contribution in [0, 0.1) is 6.92 Å². The molecule has 3 aromatic rings. The van der Waals surface area contributed by atoms with Gasteiger partial charge in [0.05, 0.1) is 0 Å². The standard InChI is InChI=1S/C18H17N3O3.C2H6/c1-11(2)18(23)24-10-13-8-12(3)17(22)16(9-13)21-19-14-6-4-5-7-15(14)20-21;1-2/h4-9,22H,1,10H2,2-3H3;1-2H3. The third-order valence-electron chi connectivity index (χ3n) is 3.56. The van der Waals surface area contributed by atoms with Crippen LogP contribution >= 0.6 is 0 Å². The van der Waals surface area contributed by atoms with Crippen LogP contribution < -0.4 is 0 Å². The van der Waals surface area contributed by atoms with E-state index in [4.69, 9.17) is 4.74 Å². The van der Waals surface area contributed by atoms with Crippen LogP contribution in [-0.4, -0.2) is 26.1 Å². The van der Waals surface area contributed by atoms with Crippen molar-refractivity contribution in [2.24, 2.45) is 0 Å². The molecule has 136 valence electrons. The average Bonchev–Trinajstić information content (AvgIpc) is 3.07. The monoisotopic (exact) mass is 353 g/mol. The van der Waals surface area contributed by atoms with Gasteiger partial charge in [0.1, 0.15) is 29.1 Å².